The zero-order valence-corrected chi connectivity index (χ0v) is 33.8. The molecular formula is C48H46O13. The van der Waals surface area contributed by atoms with Crippen LogP contribution in [0.1, 0.15) is 65.9 Å². The maximum absolute atomic E-state index is 12.0. The molecule has 13 heteroatoms. The summed E-state index contributed by atoms with van der Waals surface area (Å²) in [6, 6.07) is 33.5. The molecule has 61 heavy (non-hydrogen) atoms. The number of benzene rings is 6. The average molecular weight is 831 g/mol. The van der Waals surface area contributed by atoms with Crippen LogP contribution in [0.4, 0.5) is 0 Å². The van der Waals surface area contributed by atoms with Crippen molar-refractivity contribution in [3.63, 3.8) is 0 Å². The summed E-state index contributed by atoms with van der Waals surface area (Å²) < 4.78 is 14.8. The Labute approximate surface area is 352 Å². The Bertz CT molecular complexity index is 2450. The number of Topliss-reactive ketones (excluding diaryl/α,β-unsaturated/α-hetero) is 2. The number of aromatic hydroxyl groups is 6. The number of phenolic OH excluding ortho intramolecular Hbond substituents is 6. The molecule has 316 valence electrons. The minimum atomic E-state index is -0.296. The van der Waals surface area contributed by atoms with E-state index in [1.54, 1.807) is 91.0 Å². The molecule has 0 aliphatic carbocycles. The van der Waals surface area contributed by atoms with E-state index in [0.717, 1.165) is 5.56 Å². The highest BCUT2D eigenvalue weighted by Crippen LogP contribution is 2.29. The summed E-state index contributed by atoms with van der Waals surface area (Å²) in [4.78, 5) is 44.9. The van der Waals surface area contributed by atoms with Crippen LogP contribution in [0.25, 0.3) is 6.08 Å². The van der Waals surface area contributed by atoms with Gasteiger partial charge in [-0.15, -0.1) is 0 Å². The predicted molar refractivity (Wildman–Crippen MR) is 230 cm³/mol. The maximum atomic E-state index is 12.0. The molecule has 0 aromatic heterocycles. The molecule has 0 aliphatic heterocycles. The van der Waals surface area contributed by atoms with Crippen molar-refractivity contribution in [2.75, 3.05) is 21.3 Å². The van der Waals surface area contributed by atoms with E-state index >= 15 is 0 Å². The third kappa shape index (κ3) is 14.7. The first kappa shape index (κ1) is 47.3. The molecule has 13 nitrogen and oxygen atoms in total. The van der Waals surface area contributed by atoms with Crippen molar-refractivity contribution < 1.29 is 64.0 Å². The summed E-state index contributed by atoms with van der Waals surface area (Å²) >= 11 is 0. The van der Waals surface area contributed by atoms with E-state index in [9.17, 15) is 39.6 Å². The maximum Gasteiger partial charge on any atom is 0.189 e. The van der Waals surface area contributed by atoms with E-state index in [4.69, 9.17) is 24.4 Å². The van der Waals surface area contributed by atoms with Crippen molar-refractivity contribution in [1.82, 2.24) is 0 Å². The van der Waals surface area contributed by atoms with Crippen molar-refractivity contribution in [1.29, 1.82) is 0 Å². The molecule has 0 heterocycles. The normalized spacial score (nSPS) is 10.0. The monoisotopic (exact) mass is 830 g/mol. The number of hydrogen-bond donors (Lipinski definition) is 6. The summed E-state index contributed by atoms with van der Waals surface area (Å²) in [5, 5.41) is 56.3. The van der Waals surface area contributed by atoms with Gasteiger partial charge < -0.3 is 44.8 Å². The van der Waals surface area contributed by atoms with Crippen molar-refractivity contribution in [3.05, 3.63) is 167 Å². The first-order valence-electron chi connectivity index (χ1n) is 18.4. The molecule has 0 atom stereocenters. The van der Waals surface area contributed by atoms with Crippen LogP contribution in [-0.2, 0) is 6.42 Å². The fourth-order valence-corrected chi connectivity index (χ4v) is 5.26. The van der Waals surface area contributed by atoms with Crippen molar-refractivity contribution in [3.8, 4) is 51.7 Å². The molecule has 0 unspecified atom stereocenters. The molecule has 0 saturated carbocycles. The lowest BCUT2D eigenvalue weighted by atomic mass is 10.0. The lowest BCUT2D eigenvalue weighted by Gasteiger charge is -2.07. The van der Waals surface area contributed by atoms with Crippen LogP contribution in [-0.4, -0.2) is 75.6 Å². The molecule has 0 bridgehead atoms. The van der Waals surface area contributed by atoms with Crippen LogP contribution in [0.5, 0.6) is 51.7 Å². The molecule has 6 aromatic carbocycles. The molecule has 0 fully saturated rings. The smallest absolute Gasteiger partial charge is 0.189 e. The highest BCUT2D eigenvalue weighted by Gasteiger charge is 2.12. The average Bonchev–Trinajstić information content (AvgIpc) is 3.26. The molecule has 6 N–H and O–H groups in total. The predicted octanol–water partition coefficient (Wildman–Crippen LogP) is 8.73. The number of ether oxygens (including phenoxy) is 3. The van der Waals surface area contributed by atoms with Crippen molar-refractivity contribution >= 4 is 29.7 Å². The van der Waals surface area contributed by atoms with Gasteiger partial charge in [0.2, 0.25) is 0 Å². The zero-order valence-electron chi connectivity index (χ0n) is 33.8. The number of phenols is 6. The Morgan fingerprint density at radius 3 is 1.39 bits per heavy atom. The first-order valence-corrected chi connectivity index (χ1v) is 18.4. The number of rotatable bonds is 12. The number of hydrogen-bond acceptors (Lipinski definition) is 13. The number of methoxy groups -OCH3 is 3. The molecule has 6 aromatic rings. The van der Waals surface area contributed by atoms with Crippen LogP contribution in [0, 0.1) is 0 Å². The molecule has 0 amide bonds. The summed E-state index contributed by atoms with van der Waals surface area (Å²) in [5.74, 6) is 0.664. The third-order valence-electron chi connectivity index (χ3n) is 8.51. The molecule has 6 rings (SSSR count). The molecule has 0 aliphatic rings. The zero-order chi connectivity index (χ0) is 44.9. The van der Waals surface area contributed by atoms with Crippen LogP contribution >= 0.6 is 0 Å². The second kappa shape index (κ2) is 24.0. The Hall–Kier alpha value is -8.06. The Morgan fingerprint density at radius 2 is 0.934 bits per heavy atom. The van der Waals surface area contributed by atoms with Crippen molar-refractivity contribution in [2.45, 2.75) is 19.8 Å². The highest BCUT2D eigenvalue weighted by atomic mass is 16.5. The van der Waals surface area contributed by atoms with Gasteiger partial charge in [0, 0.05) is 12.0 Å². The number of ketones is 3. The minimum absolute atomic E-state index is 0.000728. The summed E-state index contributed by atoms with van der Waals surface area (Å²) in [6.45, 7) is 1.43. The van der Waals surface area contributed by atoms with E-state index in [2.05, 4.69) is 0 Å². The van der Waals surface area contributed by atoms with Gasteiger partial charge in [0.1, 0.15) is 23.5 Å². The van der Waals surface area contributed by atoms with Gasteiger partial charge >= 0.3 is 0 Å². The Balaban J connectivity index is 0.000000227. The standard InChI is InChI=1S/C16H16O4.C16H14O4.C8H8O3.C8H8O2/c2*1-20-16-10-11(7-9-15(16)19)6-8-14(18)12-4-2-3-5-13(12)17;1-11-8-4-6(5-9)2-3-7(8)10;1-6(9)7-4-2-3-5-8(7)10/h2-5,7,9-10,17,19H,6,8H2,1H3;2-10,17,19H,1H3;2-5,10H,1H3;2-5,10H,1H3/b;8-6+;;. The number of carbonyl (C=O) groups excluding carboxylic acids is 4. The van der Waals surface area contributed by atoms with E-state index in [1.165, 1.54) is 76.8 Å². The lowest BCUT2D eigenvalue weighted by molar-refractivity contribution is 0.0977. The van der Waals surface area contributed by atoms with Crippen LogP contribution in [0.3, 0.4) is 0 Å². The SMILES string of the molecule is CC(=O)c1ccccc1O.COc1cc(/C=C/C(=O)c2ccccc2O)ccc1O.COc1cc(C=O)ccc1O.COc1cc(CCC(=O)c2ccccc2O)ccc1O. The Kier molecular flexibility index (Phi) is 18.6. The van der Waals surface area contributed by atoms with Gasteiger partial charge in [-0.1, -0.05) is 54.6 Å². The number of aryl methyl sites for hydroxylation is 1. The number of carbonyl (C=O) groups is 4. The largest absolute Gasteiger partial charge is 0.507 e. The highest BCUT2D eigenvalue weighted by molar-refractivity contribution is 6.08. The van der Waals surface area contributed by atoms with E-state index in [0.29, 0.717) is 52.2 Å². The van der Waals surface area contributed by atoms with Crippen molar-refractivity contribution in [2.24, 2.45) is 0 Å². The van der Waals surface area contributed by atoms with Crippen LogP contribution in [0.15, 0.2) is 133 Å². The lowest BCUT2D eigenvalue weighted by Crippen LogP contribution is -2.01. The second-order valence-corrected chi connectivity index (χ2v) is 12.7. The van der Waals surface area contributed by atoms with Crippen LogP contribution < -0.4 is 14.2 Å². The minimum Gasteiger partial charge on any atom is -0.507 e. The molecule has 0 saturated heterocycles. The number of aldehydes is 1. The first-order chi connectivity index (χ1) is 29.2. The summed E-state index contributed by atoms with van der Waals surface area (Å²) in [7, 11) is 4.37. The molecule has 0 radical (unpaired) electrons. The quantitative estimate of drug-likeness (QED) is 0.0387. The van der Waals surface area contributed by atoms with Gasteiger partial charge in [-0.2, -0.15) is 0 Å². The topological polar surface area (TPSA) is 217 Å². The van der Waals surface area contributed by atoms with Crippen LogP contribution in [0.2, 0.25) is 0 Å². The van der Waals surface area contributed by atoms with Gasteiger partial charge in [-0.25, -0.2) is 0 Å². The number of para-hydroxylation sites is 3. The van der Waals surface area contributed by atoms with Gasteiger partial charge in [-0.3, -0.25) is 19.2 Å². The fraction of sp³-hybridized carbons (Fsp3) is 0.125. The van der Waals surface area contributed by atoms with Gasteiger partial charge in [0.05, 0.1) is 38.0 Å². The third-order valence-corrected chi connectivity index (χ3v) is 8.51. The summed E-state index contributed by atoms with van der Waals surface area (Å²) in [5.41, 5.74) is 3.04. The number of allylic oxidation sites excluding steroid dienone is 1. The Morgan fingerprint density at radius 1 is 0.508 bits per heavy atom. The van der Waals surface area contributed by atoms with Gasteiger partial charge in [0.15, 0.2) is 51.8 Å². The summed E-state index contributed by atoms with van der Waals surface area (Å²) in [6.07, 6.45) is 4.45. The molecule has 0 spiro atoms. The van der Waals surface area contributed by atoms with Gasteiger partial charge in [-0.05, 0) is 109 Å². The second-order valence-electron chi connectivity index (χ2n) is 12.7. The van der Waals surface area contributed by atoms with E-state index < -0.39 is 0 Å². The van der Waals surface area contributed by atoms with E-state index in [1.807, 2.05) is 0 Å². The van der Waals surface area contributed by atoms with Gasteiger partial charge in [0.25, 0.3) is 0 Å². The fourth-order valence-electron chi connectivity index (χ4n) is 5.26. The molecular weight excluding hydrogens is 785 g/mol. The van der Waals surface area contributed by atoms with E-state index in [-0.39, 0.29) is 63.8 Å².